The summed E-state index contributed by atoms with van der Waals surface area (Å²) >= 11 is 6.18. The van der Waals surface area contributed by atoms with Crippen molar-refractivity contribution in [2.75, 3.05) is 19.6 Å². The number of ether oxygens (including phenoxy) is 1. The highest BCUT2D eigenvalue weighted by atomic mass is 35.5. The average Bonchev–Trinajstić information content (AvgIpc) is 3.33. The molecule has 4 nitrogen and oxygen atoms in total. The van der Waals surface area contributed by atoms with Crippen LogP contribution in [0.1, 0.15) is 43.7 Å². The normalized spacial score (nSPS) is 30.6. The van der Waals surface area contributed by atoms with Gasteiger partial charge in [0.15, 0.2) is 0 Å². The lowest BCUT2D eigenvalue weighted by Crippen LogP contribution is -2.41. The molecule has 3 heterocycles. The molecular formula is C19H25ClN2O2. The van der Waals surface area contributed by atoms with Gasteiger partial charge in [-0.25, -0.2) is 0 Å². The summed E-state index contributed by atoms with van der Waals surface area (Å²) in [6, 6.07) is 8.23. The Hall–Kier alpha value is -1.10. The van der Waals surface area contributed by atoms with Crippen LogP contribution in [0.3, 0.4) is 0 Å². The van der Waals surface area contributed by atoms with Gasteiger partial charge in [-0.3, -0.25) is 9.69 Å². The second-order valence-electron chi connectivity index (χ2n) is 7.28. The summed E-state index contributed by atoms with van der Waals surface area (Å²) in [7, 11) is 0. The molecule has 3 aliphatic heterocycles. The van der Waals surface area contributed by atoms with Crippen LogP contribution in [-0.2, 0) is 9.53 Å². The first-order valence-corrected chi connectivity index (χ1v) is 9.51. The molecule has 0 aliphatic carbocycles. The van der Waals surface area contributed by atoms with Crippen molar-refractivity contribution in [1.29, 1.82) is 0 Å². The van der Waals surface area contributed by atoms with Crippen LogP contribution in [0.5, 0.6) is 0 Å². The number of carbonyl (C=O) groups is 1. The lowest BCUT2D eigenvalue weighted by Gasteiger charge is -2.29. The first-order chi connectivity index (χ1) is 11.7. The van der Waals surface area contributed by atoms with Crippen molar-refractivity contribution in [2.24, 2.45) is 5.92 Å². The summed E-state index contributed by atoms with van der Waals surface area (Å²) in [4.78, 5) is 15.1. The second-order valence-corrected chi connectivity index (χ2v) is 7.71. The molecule has 130 valence electrons. The Morgan fingerprint density at radius 1 is 1.33 bits per heavy atom. The molecule has 0 aromatic heterocycles. The molecule has 4 atom stereocenters. The van der Waals surface area contributed by atoms with Gasteiger partial charge in [0.1, 0.15) is 0 Å². The van der Waals surface area contributed by atoms with Gasteiger partial charge < -0.3 is 10.1 Å². The molecule has 0 saturated carbocycles. The van der Waals surface area contributed by atoms with Gasteiger partial charge in [0, 0.05) is 11.6 Å². The Balaban J connectivity index is 1.43. The van der Waals surface area contributed by atoms with Crippen LogP contribution < -0.4 is 5.32 Å². The molecule has 4 unspecified atom stereocenters. The van der Waals surface area contributed by atoms with Crippen molar-refractivity contribution in [3.8, 4) is 0 Å². The number of rotatable bonds is 5. The molecule has 1 N–H and O–H groups in total. The van der Waals surface area contributed by atoms with E-state index < -0.39 is 0 Å². The summed E-state index contributed by atoms with van der Waals surface area (Å²) in [6.07, 6.45) is 5.96. The maximum atomic E-state index is 12.6. The number of halogens is 1. The maximum absolute atomic E-state index is 12.6. The van der Waals surface area contributed by atoms with Crippen LogP contribution in [0.15, 0.2) is 24.3 Å². The van der Waals surface area contributed by atoms with Crippen molar-refractivity contribution in [3.05, 3.63) is 34.9 Å². The summed E-state index contributed by atoms with van der Waals surface area (Å²) in [5.41, 5.74) is 1.19. The third-order valence-corrected chi connectivity index (χ3v) is 5.96. The highest BCUT2D eigenvalue weighted by molar-refractivity contribution is 6.30. The number of amides is 1. The Morgan fingerprint density at radius 3 is 2.83 bits per heavy atom. The zero-order chi connectivity index (χ0) is 16.5. The van der Waals surface area contributed by atoms with Crippen LogP contribution in [-0.4, -0.2) is 42.6 Å². The van der Waals surface area contributed by atoms with Crippen molar-refractivity contribution >= 4 is 17.5 Å². The van der Waals surface area contributed by atoms with E-state index in [1.165, 1.54) is 18.4 Å². The first-order valence-electron chi connectivity index (χ1n) is 9.13. The number of fused-ring (bicyclic) bond motifs is 2. The number of nitrogens with one attached hydrogen (secondary N) is 1. The fraction of sp³-hybridized carbons (Fsp3) is 0.632. The molecule has 1 aromatic rings. The molecule has 3 fully saturated rings. The van der Waals surface area contributed by atoms with E-state index >= 15 is 0 Å². The van der Waals surface area contributed by atoms with Gasteiger partial charge in [-0.2, -0.15) is 0 Å². The second kappa shape index (κ2) is 7.03. The highest BCUT2D eigenvalue weighted by Crippen LogP contribution is 2.39. The summed E-state index contributed by atoms with van der Waals surface area (Å²) in [5.74, 6) is 0.204. The lowest BCUT2D eigenvalue weighted by molar-refractivity contribution is -0.126. The number of hydrogen-bond donors (Lipinski definition) is 1. The average molecular weight is 349 g/mol. The van der Waals surface area contributed by atoms with E-state index in [1.54, 1.807) is 0 Å². The van der Waals surface area contributed by atoms with Crippen LogP contribution in [0.2, 0.25) is 5.02 Å². The van der Waals surface area contributed by atoms with Crippen LogP contribution in [0.4, 0.5) is 0 Å². The van der Waals surface area contributed by atoms with Crippen LogP contribution in [0.25, 0.3) is 0 Å². The van der Waals surface area contributed by atoms with Gasteiger partial charge in [0.25, 0.3) is 0 Å². The van der Waals surface area contributed by atoms with Crippen LogP contribution in [0, 0.1) is 5.92 Å². The van der Waals surface area contributed by atoms with Crippen molar-refractivity contribution in [2.45, 2.75) is 50.4 Å². The number of carbonyl (C=O) groups excluding carboxylic acids is 1. The molecular weight excluding hydrogens is 324 g/mol. The fourth-order valence-electron chi connectivity index (χ4n) is 4.47. The van der Waals surface area contributed by atoms with Crippen LogP contribution >= 0.6 is 11.6 Å². The number of benzene rings is 1. The number of likely N-dealkylation sites (tertiary alicyclic amines) is 1. The van der Waals surface area contributed by atoms with Gasteiger partial charge in [0.05, 0.1) is 24.2 Å². The van der Waals surface area contributed by atoms with Gasteiger partial charge in [0.2, 0.25) is 5.91 Å². The summed E-state index contributed by atoms with van der Waals surface area (Å²) < 4.78 is 5.82. The van der Waals surface area contributed by atoms with E-state index in [1.807, 2.05) is 18.2 Å². The molecule has 3 saturated heterocycles. The predicted molar refractivity (Wildman–Crippen MR) is 94.0 cm³/mol. The van der Waals surface area contributed by atoms with Gasteiger partial charge in [-0.05, 0) is 62.9 Å². The monoisotopic (exact) mass is 348 g/mol. The largest absolute Gasteiger partial charge is 0.374 e. The lowest BCUT2D eigenvalue weighted by atomic mass is 9.88. The molecule has 5 heteroatoms. The topological polar surface area (TPSA) is 41.6 Å². The number of nitrogens with zero attached hydrogens (tertiary/aromatic N) is 1. The molecule has 2 bridgehead atoms. The minimum Gasteiger partial charge on any atom is -0.374 e. The molecule has 0 spiro atoms. The molecule has 1 aromatic carbocycles. The van der Waals surface area contributed by atoms with E-state index in [0.717, 1.165) is 37.4 Å². The summed E-state index contributed by atoms with van der Waals surface area (Å²) in [5, 5.41) is 3.95. The van der Waals surface area contributed by atoms with E-state index in [9.17, 15) is 4.79 Å². The minimum absolute atomic E-state index is 0.0438. The van der Waals surface area contributed by atoms with Crippen molar-refractivity contribution in [3.63, 3.8) is 0 Å². The molecule has 4 rings (SSSR count). The smallest absolute Gasteiger partial charge is 0.225 e. The SMILES string of the molecule is O=C(NCC(c1cccc(Cl)c1)N1CCCC1)C1CC2CCC1O2. The third kappa shape index (κ3) is 3.32. The Labute approximate surface area is 148 Å². The Bertz CT molecular complexity index is 603. The van der Waals surface area contributed by atoms with E-state index in [2.05, 4.69) is 16.3 Å². The van der Waals surface area contributed by atoms with Crippen molar-refractivity contribution < 1.29 is 9.53 Å². The molecule has 3 aliphatic rings. The van der Waals surface area contributed by atoms with E-state index in [4.69, 9.17) is 16.3 Å². The molecule has 0 radical (unpaired) electrons. The Kier molecular flexibility index (Phi) is 4.79. The zero-order valence-electron chi connectivity index (χ0n) is 13.9. The van der Waals surface area contributed by atoms with Gasteiger partial charge >= 0.3 is 0 Å². The van der Waals surface area contributed by atoms with E-state index in [0.29, 0.717) is 12.6 Å². The standard InChI is InChI=1S/C19H25ClN2O2/c20-14-5-3-4-13(10-14)17(22-8-1-2-9-22)12-21-19(23)16-11-15-6-7-18(16)24-15/h3-5,10,15-18H,1-2,6-9,11-12H2,(H,21,23). The zero-order valence-corrected chi connectivity index (χ0v) is 14.7. The quantitative estimate of drug-likeness (QED) is 0.888. The van der Waals surface area contributed by atoms with Gasteiger partial charge in [-0.1, -0.05) is 23.7 Å². The maximum Gasteiger partial charge on any atom is 0.225 e. The first kappa shape index (κ1) is 16.4. The van der Waals surface area contributed by atoms with Gasteiger partial charge in [-0.15, -0.1) is 0 Å². The minimum atomic E-state index is 0.0438. The van der Waals surface area contributed by atoms with Crippen molar-refractivity contribution in [1.82, 2.24) is 10.2 Å². The Morgan fingerprint density at radius 2 is 2.17 bits per heavy atom. The van der Waals surface area contributed by atoms with E-state index in [-0.39, 0.29) is 24.0 Å². The number of hydrogen-bond acceptors (Lipinski definition) is 3. The molecule has 24 heavy (non-hydrogen) atoms. The predicted octanol–water partition coefficient (Wildman–Crippen LogP) is 3.16. The fourth-order valence-corrected chi connectivity index (χ4v) is 4.67. The highest BCUT2D eigenvalue weighted by Gasteiger charge is 2.44. The third-order valence-electron chi connectivity index (χ3n) is 5.73. The molecule has 1 amide bonds. The summed E-state index contributed by atoms with van der Waals surface area (Å²) in [6.45, 7) is 2.82.